The first-order valence-corrected chi connectivity index (χ1v) is 10.9. The smallest absolute Gasteiger partial charge is 0.252 e. The molecular formula is C23H26N6O3. The minimum Gasteiger partial charge on any atom is -0.467 e. The van der Waals surface area contributed by atoms with E-state index in [1.165, 1.54) is 0 Å². The van der Waals surface area contributed by atoms with Gasteiger partial charge in [0, 0.05) is 30.8 Å². The second-order valence-electron chi connectivity index (χ2n) is 8.35. The van der Waals surface area contributed by atoms with Crippen LogP contribution in [-0.4, -0.2) is 49.3 Å². The standard InChI is InChI=1S/C23H26N6O3/c1-16-6-7-17-11-18(23(30)24-21(17)10-16)12-28(13-19-4-2-8-31-19)15-22-25-26-27-29(22)14-20-5-3-9-32-20/h3,5-7,9-11,19H,2,4,8,12-15H2,1H3,(H,24,30). The summed E-state index contributed by atoms with van der Waals surface area (Å²) in [6.45, 7) is 4.94. The van der Waals surface area contributed by atoms with Crippen molar-refractivity contribution in [3.63, 3.8) is 0 Å². The molecule has 1 saturated heterocycles. The third-order valence-electron chi connectivity index (χ3n) is 5.81. The fraction of sp³-hybridized carbons (Fsp3) is 0.391. The van der Waals surface area contributed by atoms with Crippen LogP contribution in [0.4, 0.5) is 0 Å². The molecular weight excluding hydrogens is 408 g/mol. The van der Waals surface area contributed by atoms with Crippen molar-refractivity contribution >= 4 is 10.9 Å². The molecule has 0 spiro atoms. The first-order valence-electron chi connectivity index (χ1n) is 10.9. The van der Waals surface area contributed by atoms with Crippen molar-refractivity contribution in [1.29, 1.82) is 0 Å². The number of H-pyrrole nitrogens is 1. The average molecular weight is 435 g/mol. The van der Waals surface area contributed by atoms with Gasteiger partial charge in [-0.05, 0) is 65.4 Å². The van der Waals surface area contributed by atoms with Crippen LogP contribution < -0.4 is 5.56 Å². The summed E-state index contributed by atoms with van der Waals surface area (Å²) in [5.74, 6) is 1.50. The molecule has 1 fully saturated rings. The Morgan fingerprint density at radius 1 is 1.25 bits per heavy atom. The van der Waals surface area contributed by atoms with Gasteiger partial charge in [-0.3, -0.25) is 9.69 Å². The quantitative estimate of drug-likeness (QED) is 0.455. The van der Waals surface area contributed by atoms with Crippen LogP contribution in [0.2, 0.25) is 0 Å². The molecule has 9 heteroatoms. The molecule has 1 aliphatic rings. The Bertz CT molecular complexity index is 1240. The van der Waals surface area contributed by atoms with Gasteiger partial charge in [-0.1, -0.05) is 12.1 Å². The van der Waals surface area contributed by atoms with Crippen molar-refractivity contribution in [2.24, 2.45) is 0 Å². The molecule has 4 aromatic rings. The SMILES string of the molecule is Cc1ccc2cc(CN(Cc3nnnn3Cc3ccco3)CC3CCCO3)c(=O)[nH]c2c1. The van der Waals surface area contributed by atoms with E-state index in [4.69, 9.17) is 9.15 Å². The van der Waals surface area contributed by atoms with Crippen molar-refractivity contribution in [3.05, 3.63) is 75.7 Å². The Hall–Kier alpha value is -3.30. The minimum absolute atomic E-state index is 0.0735. The summed E-state index contributed by atoms with van der Waals surface area (Å²) >= 11 is 0. The number of nitrogens with zero attached hydrogens (tertiary/aromatic N) is 5. The van der Waals surface area contributed by atoms with Crippen LogP contribution in [0.15, 0.2) is 51.9 Å². The lowest BCUT2D eigenvalue weighted by molar-refractivity contribution is 0.0663. The maximum atomic E-state index is 12.8. The second-order valence-corrected chi connectivity index (χ2v) is 8.35. The highest BCUT2D eigenvalue weighted by Gasteiger charge is 2.22. The van der Waals surface area contributed by atoms with Crippen LogP contribution >= 0.6 is 0 Å². The lowest BCUT2D eigenvalue weighted by atomic mass is 10.1. The van der Waals surface area contributed by atoms with Crippen molar-refractivity contribution in [2.75, 3.05) is 13.2 Å². The van der Waals surface area contributed by atoms with Crippen LogP contribution in [0, 0.1) is 6.92 Å². The molecule has 32 heavy (non-hydrogen) atoms. The van der Waals surface area contributed by atoms with E-state index in [1.807, 2.05) is 37.3 Å². The number of rotatable bonds is 8. The zero-order valence-electron chi connectivity index (χ0n) is 18.0. The second kappa shape index (κ2) is 9.05. The van der Waals surface area contributed by atoms with Crippen molar-refractivity contribution < 1.29 is 9.15 Å². The number of fused-ring (bicyclic) bond motifs is 1. The summed E-state index contributed by atoms with van der Waals surface area (Å²) < 4.78 is 13.0. The third kappa shape index (κ3) is 4.63. The maximum absolute atomic E-state index is 12.8. The predicted octanol–water partition coefficient (Wildman–Crippen LogP) is 2.65. The predicted molar refractivity (Wildman–Crippen MR) is 118 cm³/mol. The molecule has 1 atom stereocenters. The zero-order chi connectivity index (χ0) is 21.9. The zero-order valence-corrected chi connectivity index (χ0v) is 18.0. The molecule has 166 valence electrons. The highest BCUT2D eigenvalue weighted by Crippen LogP contribution is 2.18. The first kappa shape index (κ1) is 20.6. The van der Waals surface area contributed by atoms with E-state index >= 15 is 0 Å². The Kier molecular flexibility index (Phi) is 5.83. The van der Waals surface area contributed by atoms with Crippen LogP contribution in [0.3, 0.4) is 0 Å². The number of aromatic nitrogens is 5. The van der Waals surface area contributed by atoms with Crippen LogP contribution in [0.1, 0.15) is 35.6 Å². The largest absolute Gasteiger partial charge is 0.467 e. The molecule has 4 heterocycles. The van der Waals surface area contributed by atoms with E-state index < -0.39 is 0 Å². The van der Waals surface area contributed by atoms with Gasteiger partial charge in [0.25, 0.3) is 5.56 Å². The van der Waals surface area contributed by atoms with E-state index in [0.29, 0.717) is 37.6 Å². The van der Waals surface area contributed by atoms with Crippen molar-refractivity contribution in [3.8, 4) is 0 Å². The highest BCUT2D eigenvalue weighted by atomic mass is 16.5. The van der Waals surface area contributed by atoms with Gasteiger partial charge in [-0.25, -0.2) is 4.68 Å². The number of hydrogen-bond acceptors (Lipinski definition) is 7. The Morgan fingerprint density at radius 3 is 3.00 bits per heavy atom. The van der Waals surface area contributed by atoms with Gasteiger partial charge in [-0.15, -0.1) is 5.10 Å². The molecule has 0 radical (unpaired) electrons. The van der Waals surface area contributed by atoms with Gasteiger partial charge in [0.1, 0.15) is 12.3 Å². The van der Waals surface area contributed by atoms with Gasteiger partial charge in [0.15, 0.2) is 5.82 Å². The van der Waals surface area contributed by atoms with Gasteiger partial charge in [-0.2, -0.15) is 0 Å². The maximum Gasteiger partial charge on any atom is 0.252 e. The summed E-state index contributed by atoms with van der Waals surface area (Å²) in [6.07, 6.45) is 3.86. The van der Waals surface area contributed by atoms with Gasteiger partial charge >= 0.3 is 0 Å². The normalized spacial score (nSPS) is 16.4. The summed E-state index contributed by atoms with van der Waals surface area (Å²) in [5, 5.41) is 13.2. The number of furan rings is 1. The number of tetrazole rings is 1. The Morgan fingerprint density at radius 2 is 2.19 bits per heavy atom. The summed E-state index contributed by atoms with van der Waals surface area (Å²) in [4.78, 5) is 18.0. The highest BCUT2D eigenvalue weighted by molar-refractivity contribution is 5.79. The van der Waals surface area contributed by atoms with Gasteiger partial charge < -0.3 is 14.1 Å². The molecule has 1 aromatic carbocycles. The van der Waals surface area contributed by atoms with E-state index in [1.54, 1.807) is 10.9 Å². The van der Waals surface area contributed by atoms with Crippen molar-refractivity contribution in [1.82, 2.24) is 30.1 Å². The molecule has 0 bridgehead atoms. The summed E-state index contributed by atoms with van der Waals surface area (Å²) in [7, 11) is 0. The summed E-state index contributed by atoms with van der Waals surface area (Å²) in [5.41, 5.74) is 2.61. The molecule has 1 aliphatic heterocycles. The van der Waals surface area contributed by atoms with E-state index in [2.05, 4.69) is 31.5 Å². The molecule has 1 N–H and O–H groups in total. The average Bonchev–Trinajstić information content (AvgIpc) is 3.54. The van der Waals surface area contributed by atoms with Gasteiger partial charge in [0.2, 0.25) is 0 Å². The van der Waals surface area contributed by atoms with Crippen LogP contribution in [-0.2, 0) is 24.4 Å². The fourth-order valence-electron chi connectivity index (χ4n) is 4.19. The lowest BCUT2D eigenvalue weighted by Gasteiger charge is -2.24. The lowest BCUT2D eigenvalue weighted by Crippen LogP contribution is -2.34. The number of aromatic amines is 1. The molecule has 9 nitrogen and oxygen atoms in total. The molecule has 5 rings (SSSR count). The number of ether oxygens (including phenoxy) is 1. The van der Waals surface area contributed by atoms with E-state index in [9.17, 15) is 4.79 Å². The minimum atomic E-state index is -0.0735. The number of aryl methyl sites for hydroxylation is 1. The number of nitrogens with one attached hydrogen (secondary N) is 1. The molecule has 0 amide bonds. The Labute approximate surface area is 185 Å². The van der Waals surface area contributed by atoms with Crippen LogP contribution in [0.25, 0.3) is 10.9 Å². The fourth-order valence-corrected chi connectivity index (χ4v) is 4.19. The molecule has 3 aromatic heterocycles. The topological polar surface area (TPSA) is 102 Å². The third-order valence-corrected chi connectivity index (χ3v) is 5.81. The van der Waals surface area contributed by atoms with Gasteiger partial charge in [0.05, 0.1) is 18.9 Å². The van der Waals surface area contributed by atoms with Crippen LogP contribution in [0.5, 0.6) is 0 Å². The molecule has 1 unspecified atom stereocenters. The number of pyridine rings is 1. The Balaban J connectivity index is 1.40. The molecule has 0 saturated carbocycles. The number of benzene rings is 1. The molecule has 0 aliphatic carbocycles. The van der Waals surface area contributed by atoms with Crippen molar-refractivity contribution in [2.45, 2.75) is 45.5 Å². The monoisotopic (exact) mass is 434 g/mol. The van der Waals surface area contributed by atoms with E-state index in [0.717, 1.165) is 41.7 Å². The number of hydrogen-bond donors (Lipinski definition) is 1. The van der Waals surface area contributed by atoms with E-state index in [-0.39, 0.29) is 11.7 Å². The first-order chi connectivity index (χ1) is 15.6. The summed E-state index contributed by atoms with van der Waals surface area (Å²) in [6, 6.07) is 11.8.